The molecule has 2 saturated heterocycles. The van der Waals surface area contributed by atoms with Crippen LogP contribution in [-0.4, -0.2) is 66.9 Å². The number of piperazine rings is 1. The van der Waals surface area contributed by atoms with Crippen molar-refractivity contribution < 1.29 is 9.59 Å². The van der Waals surface area contributed by atoms with E-state index in [1.165, 1.54) is 5.56 Å². The summed E-state index contributed by atoms with van der Waals surface area (Å²) in [6, 6.07) is 7.82. The van der Waals surface area contributed by atoms with E-state index in [4.69, 9.17) is 0 Å². The molecule has 0 saturated carbocycles. The molecular formula is C20H31ClN4O2. The van der Waals surface area contributed by atoms with E-state index in [0.29, 0.717) is 25.9 Å². The topological polar surface area (TPSA) is 64.7 Å². The van der Waals surface area contributed by atoms with Crippen LogP contribution in [0.5, 0.6) is 0 Å². The highest BCUT2D eigenvalue weighted by atomic mass is 35.5. The van der Waals surface area contributed by atoms with Crippen molar-refractivity contribution in [1.82, 2.24) is 20.4 Å². The molecule has 2 heterocycles. The molecule has 0 spiro atoms. The van der Waals surface area contributed by atoms with Crippen LogP contribution in [0.15, 0.2) is 24.3 Å². The Kier molecular flexibility index (Phi) is 8.54. The molecule has 2 amide bonds. The van der Waals surface area contributed by atoms with Gasteiger partial charge < -0.3 is 20.4 Å². The van der Waals surface area contributed by atoms with Gasteiger partial charge in [0.25, 0.3) is 0 Å². The predicted octanol–water partition coefficient (Wildman–Crippen LogP) is 1.32. The minimum absolute atomic E-state index is 0. The molecule has 0 aliphatic carbocycles. The standard InChI is InChI=1S/C20H30N4O2.ClH/c1-16-3-5-17(6-4-16)15-24-18(7-8-19(24)25)20(26)22-9-2-12-23-13-10-21-11-14-23;/h3-6,18,21H,2,7-15H2,1H3,(H,22,26);1H. The highest BCUT2D eigenvalue weighted by molar-refractivity contribution is 5.90. The molecule has 1 aromatic carbocycles. The number of aryl methyl sites for hydroxylation is 1. The van der Waals surface area contributed by atoms with Gasteiger partial charge in [-0.2, -0.15) is 0 Å². The van der Waals surface area contributed by atoms with Crippen LogP contribution in [0.4, 0.5) is 0 Å². The summed E-state index contributed by atoms with van der Waals surface area (Å²) in [5.74, 6) is 0.0646. The quantitative estimate of drug-likeness (QED) is 0.684. The minimum Gasteiger partial charge on any atom is -0.354 e. The number of nitrogens with one attached hydrogen (secondary N) is 2. The molecule has 27 heavy (non-hydrogen) atoms. The number of benzene rings is 1. The molecule has 2 N–H and O–H groups in total. The molecule has 2 aliphatic heterocycles. The van der Waals surface area contributed by atoms with E-state index in [-0.39, 0.29) is 30.3 Å². The van der Waals surface area contributed by atoms with Crippen LogP contribution in [0.2, 0.25) is 0 Å². The lowest BCUT2D eigenvalue weighted by Gasteiger charge is -2.27. The van der Waals surface area contributed by atoms with Crippen LogP contribution in [0, 0.1) is 6.92 Å². The summed E-state index contributed by atoms with van der Waals surface area (Å²) in [5.41, 5.74) is 2.27. The SMILES string of the molecule is Cc1ccc(CN2C(=O)CCC2C(=O)NCCCN2CCNCC2)cc1.Cl. The minimum atomic E-state index is -0.331. The molecule has 6 nitrogen and oxygen atoms in total. The molecule has 2 aliphatic rings. The van der Waals surface area contributed by atoms with Crippen molar-refractivity contribution >= 4 is 24.2 Å². The van der Waals surface area contributed by atoms with Crippen molar-refractivity contribution in [3.05, 3.63) is 35.4 Å². The summed E-state index contributed by atoms with van der Waals surface area (Å²) in [6.07, 6.45) is 2.03. The van der Waals surface area contributed by atoms with Crippen molar-refractivity contribution in [3.63, 3.8) is 0 Å². The number of rotatable bonds is 7. The molecule has 0 radical (unpaired) electrons. The molecule has 150 valence electrons. The first-order valence-corrected chi connectivity index (χ1v) is 9.69. The van der Waals surface area contributed by atoms with E-state index in [1.54, 1.807) is 4.90 Å². The number of hydrogen-bond acceptors (Lipinski definition) is 4. The molecule has 1 aromatic rings. The molecule has 0 aromatic heterocycles. The van der Waals surface area contributed by atoms with Gasteiger partial charge in [-0.1, -0.05) is 29.8 Å². The highest BCUT2D eigenvalue weighted by Crippen LogP contribution is 2.22. The van der Waals surface area contributed by atoms with Gasteiger partial charge in [-0.3, -0.25) is 9.59 Å². The number of nitrogens with zero attached hydrogens (tertiary/aromatic N) is 2. The summed E-state index contributed by atoms with van der Waals surface area (Å²) < 4.78 is 0. The Morgan fingerprint density at radius 2 is 1.93 bits per heavy atom. The Labute approximate surface area is 168 Å². The maximum Gasteiger partial charge on any atom is 0.242 e. The van der Waals surface area contributed by atoms with Gasteiger partial charge in [0.15, 0.2) is 0 Å². The third-order valence-corrected chi connectivity index (χ3v) is 5.26. The van der Waals surface area contributed by atoms with Gasteiger partial charge in [0.1, 0.15) is 6.04 Å². The third kappa shape index (κ3) is 6.19. The lowest BCUT2D eigenvalue weighted by Crippen LogP contribution is -2.46. The fraction of sp³-hybridized carbons (Fsp3) is 0.600. The van der Waals surface area contributed by atoms with Gasteiger partial charge in [-0.05, 0) is 31.9 Å². The predicted molar refractivity (Wildman–Crippen MR) is 109 cm³/mol. The molecular weight excluding hydrogens is 364 g/mol. The van der Waals surface area contributed by atoms with Crippen LogP contribution in [-0.2, 0) is 16.1 Å². The summed E-state index contributed by atoms with van der Waals surface area (Å²) in [4.78, 5) is 29.0. The summed E-state index contributed by atoms with van der Waals surface area (Å²) in [5, 5.41) is 6.38. The van der Waals surface area contributed by atoms with Crippen LogP contribution in [0.1, 0.15) is 30.4 Å². The number of amides is 2. The van der Waals surface area contributed by atoms with Gasteiger partial charge in [0, 0.05) is 45.7 Å². The maximum absolute atomic E-state index is 12.6. The first kappa shape index (κ1) is 21.7. The first-order valence-electron chi connectivity index (χ1n) is 9.69. The second-order valence-corrected chi connectivity index (χ2v) is 7.30. The fourth-order valence-electron chi connectivity index (χ4n) is 3.66. The lowest BCUT2D eigenvalue weighted by atomic mass is 10.1. The second-order valence-electron chi connectivity index (χ2n) is 7.30. The van der Waals surface area contributed by atoms with Gasteiger partial charge >= 0.3 is 0 Å². The number of halogens is 1. The fourth-order valence-corrected chi connectivity index (χ4v) is 3.66. The van der Waals surface area contributed by atoms with Crippen molar-refractivity contribution in [2.24, 2.45) is 0 Å². The zero-order chi connectivity index (χ0) is 18.4. The average molecular weight is 395 g/mol. The van der Waals surface area contributed by atoms with Crippen molar-refractivity contribution in [3.8, 4) is 0 Å². The molecule has 1 unspecified atom stereocenters. The monoisotopic (exact) mass is 394 g/mol. The summed E-state index contributed by atoms with van der Waals surface area (Å²) >= 11 is 0. The Bertz CT molecular complexity index is 617. The van der Waals surface area contributed by atoms with Crippen LogP contribution in [0.3, 0.4) is 0 Å². The average Bonchev–Trinajstić information content (AvgIpc) is 3.02. The van der Waals surface area contributed by atoms with E-state index in [2.05, 4.69) is 15.5 Å². The Morgan fingerprint density at radius 3 is 2.63 bits per heavy atom. The second kappa shape index (κ2) is 10.6. The van der Waals surface area contributed by atoms with E-state index >= 15 is 0 Å². The van der Waals surface area contributed by atoms with Crippen LogP contribution < -0.4 is 10.6 Å². The smallest absolute Gasteiger partial charge is 0.242 e. The van der Waals surface area contributed by atoms with Gasteiger partial charge in [0.2, 0.25) is 11.8 Å². The van der Waals surface area contributed by atoms with Crippen LogP contribution in [0.25, 0.3) is 0 Å². The summed E-state index contributed by atoms with van der Waals surface area (Å²) in [6.45, 7) is 8.49. The molecule has 1 atom stereocenters. The van der Waals surface area contributed by atoms with Crippen molar-refractivity contribution in [1.29, 1.82) is 0 Å². The number of carbonyl (C=O) groups excluding carboxylic acids is 2. The van der Waals surface area contributed by atoms with E-state index in [1.807, 2.05) is 31.2 Å². The number of hydrogen-bond donors (Lipinski definition) is 2. The largest absolute Gasteiger partial charge is 0.354 e. The Morgan fingerprint density at radius 1 is 1.22 bits per heavy atom. The Hall–Kier alpha value is -1.63. The third-order valence-electron chi connectivity index (χ3n) is 5.26. The molecule has 7 heteroatoms. The van der Waals surface area contributed by atoms with Gasteiger partial charge in [-0.25, -0.2) is 0 Å². The lowest BCUT2D eigenvalue weighted by molar-refractivity contribution is -0.135. The zero-order valence-electron chi connectivity index (χ0n) is 16.1. The van der Waals surface area contributed by atoms with Crippen molar-refractivity contribution in [2.45, 2.75) is 38.8 Å². The Balaban J connectivity index is 0.00000261. The molecule has 0 bridgehead atoms. The van der Waals surface area contributed by atoms with Crippen molar-refractivity contribution in [2.75, 3.05) is 39.3 Å². The highest BCUT2D eigenvalue weighted by Gasteiger charge is 2.35. The molecule has 3 rings (SSSR count). The maximum atomic E-state index is 12.6. The summed E-state index contributed by atoms with van der Waals surface area (Å²) in [7, 11) is 0. The first-order chi connectivity index (χ1) is 12.6. The number of likely N-dealkylation sites (tertiary alicyclic amines) is 1. The van der Waals surface area contributed by atoms with E-state index < -0.39 is 0 Å². The van der Waals surface area contributed by atoms with Gasteiger partial charge in [-0.15, -0.1) is 12.4 Å². The van der Waals surface area contributed by atoms with Crippen LogP contribution >= 0.6 is 12.4 Å². The van der Waals surface area contributed by atoms with E-state index in [9.17, 15) is 9.59 Å². The normalized spacial score (nSPS) is 20.4. The molecule has 2 fully saturated rings. The van der Waals surface area contributed by atoms with E-state index in [0.717, 1.165) is 44.7 Å². The zero-order valence-corrected chi connectivity index (χ0v) is 16.9. The van der Waals surface area contributed by atoms with Gasteiger partial charge in [0.05, 0.1) is 0 Å². The number of carbonyl (C=O) groups is 2.